The molecule has 25 heavy (non-hydrogen) atoms. The first-order valence-electron chi connectivity index (χ1n) is 7.41. The zero-order chi connectivity index (χ0) is 18.4. The van der Waals surface area contributed by atoms with Crippen LogP contribution in [0.15, 0.2) is 39.8 Å². The van der Waals surface area contributed by atoms with Gasteiger partial charge in [-0.3, -0.25) is 4.79 Å². The number of hydrogen-bond donors (Lipinski definition) is 1. The van der Waals surface area contributed by atoms with Crippen LogP contribution in [-0.4, -0.2) is 50.3 Å². The first-order chi connectivity index (χ1) is 11.7. The largest absolute Gasteiger partial charge is 0.478 e. The molecule has 9 heteroatoms. The van der Waals surface area contributed by atoms with Crippen molar-refractivity contribution in [1.82, 2.24) is 4.31 Å². The molecule has 8 nitrogen and oxygen atoms in total. The summed E-state index contributed by atoms with van der Waals surface area (Å²) in [4.78, 5) is 25.0. The van der Waals surface area contributed by atoms with Crippen molar-refractivity contribution in [2.75, 3.05) is 25.5 Å². The van der Waals surface area contributed by atoms with Crippen LogP contribution in [0, 0.1) is 0 Å². The highest BCUT2D eigenvalue weighted by Gasteiger charge is 2.30. The Bertz CT molecular complexity index is 961. The lowest BCUT2D eigenvalue weighted by Crippen LogP contribution is -2.29. The highest BCUT2D eigenvalue weighted by atomic mass is 32.2. The van der Waals surface area contributed by atoms with E-state index in [2.05, 4.69) is 0 Å². The monoisotopic (exact) mass is 364 g/mol. The number of anilines is 1. The second-order valence-electron chi connectivity index (χ2n) is 5.79. The summed E-state index contributed by atoms with van der Waals surface area (Å²) in [6, 6.07) is 5.81. The third-order valence-corrected chi connectivity index (χ3v) is 5.84. The van der Waals surface area contributed by atoms with Crippen molar-refractivity contribution in [3.05, 3.63) is 47.4 Å². The van der Waals surface area contributed by atoms with Crippen molar-refractivity contribution in [2.24, 2.45) is 0 Å². The number of aromatic carboxylic acids is 1. The summed E-state index contributed by atoms with van der Waals surface area (Å²) < 4.78 is 30.7. The van der Waals surface area contributed by atoms with E-state index in [1.807, 2.05) is 0 Å². The van der Waals surface area contributed by atoms with E-state index in [0.29, 0.717) is 18.7 Å². The smallest absolute Gasteiger partial charge is 0.338 e. The van der Waals surface area contributed by atoms with Crippen molar-refractivity contribution >= 4 is 27.6 Å². The van der Waals surface area contributed by atoms with Crippen LogP contribution < -0.4 is 4.90 Å². The van der Waals surface area contributed by atoms with E-state index in [1.54, 1.807) is 6.07 Å². The number of amides is 1. The molecule has 0 radical (unpaired) electrons. The standard InChI is InChI=1S/C16H16N2O6S/c1-17(2)25(22,23)12-4-3-10-5-6-18(13(10)8-12)15(19)14-7-11(9-24-14)16(20)21/h3-4,7-9H,5-6H2,1-2H3,(H,20,21). The van der Waals surface area contributed by atoms with Gasteiger partial charge in [-0.15, -0.1) is 0 Å². The van der Waals surface area contributed by atoms with Crippen molar-refractivity contribution in [2.45, 2.75) is 11.3 Å². The molecule has 2 aromatic rings. The van der Waals surface area contributed by atoms with Gasteiger partial charge in [0.2, 0.25) is 10.0 Å². The maximum Gasteiger partial charge on any atom is 0.338 e. The molecular weight excluding hydrogens is 348 g/mol. The summed E-state index contributed by atoms with van der Waals surface area (Å²) in [5, 5.41) is 8.92. The highest BCUT2D eigenvalue weighted by molar-refractivity contribution is 7.89. The molecule has 0 spiro atoms. The quantitative estimate of drug-likeness (QED) is 0.879. The van der Waals surface area contributed by atoms with Crippen molar-refractivity contribution < 1.29 is 27.5 Å². The van der Waals surface area contributed by atoms with E-state index in [-0.39, 0.29) is 16.2 Å². The molecule has 1 aliphatic heterocycles. The van der Waals surface area contributed by atoms with Crippen LogP contribution in [0.5, 0.6) is 0 Å². The molecule has 1 aliphatic rings. The molecule has 2 heterocycles. The number of rotatable bonds is 4. The molecular formula is C16H16N2O6S. The number of benzene rings is 1. The fraction of sp³-hybridized carbons (Fsp3) is 0.250. The lowest BCUT2D eigenvalue weighted by molar-refractivity contribution is 0.0696. The molecule has 1 aromatic heterocycles. The summed E-state index contributed by atoms with van der Waals surface area (Å²) in [5.41, 5.74) is 1.21. The van der Waals surface area contributed by atoms with Crippen LogP contribution >= 0.6 is 0 Å². The number of carboxylic acids is 1. The number of furan rings is 1. The van der Waals surface area contributed by atoms with E-state index in [0.717, 1.165) is 22.2 Å². The molecule has 0 fully saturated rings. The second kappa shape index (κ2) is 6.01. The zero-order valence-corrected chi connectivity index (χ0v) is 14.4. The third kappa shape index (κ3) is 2.92. The van der Waals surface area contributed by atoms with Gasteiger partial charge in [-0.2, -0.15) is 0 Å². The van der Waals surface area contributed by atoms with Gasteiger partial charge in [0.25, 0.3) is 5.91 Å². The summed E-state index contributed by atoms with van der Waals surface area (Å²) in [7, 11) is -0.761. The van der Waals surface area contributed by atoms with E-state index in [9.17, 15) is 18.0 Å². The van der Waals surface area contributed by atoms with Gasteiger partial charge in [0.05, 0.1) is 10.5 Å². The van der Waals surface area contributed by atoms with Crippen LogP contribution in [-0.2, 0) is 16.4 Å². The van der Waals surface area contributed by atoms with Crippen molar-refractivity contribution in [3.8, 4) is 0 Å². The highest BCUT2D eigenvalue weighted by Crippen LogP contribution is 2.32. The first-order valence-corrected chi connectivity index (χ1v) is 8.85. The molecule has 0 bridgehead atoms. The lowest BCUT2D eigenvalue weighted by atomic mass is 10.2. The number of hydrogen-bond acceptors (Lipinski definition) is 5. The Morgan fingerprint density at radius 2 is 1.96 bits per heavy atom. The molecule has 0 atom stereocenters. The number of sulfonamides is 1. The maximum atomic E-state index is 12.6. The molecule has 3 rings (SSSR count). The van der Waals surface area contributed by atoms with Crippen LogP contribution in [0.25, 0.3) is 0 Å². The summed E-state index contributed by atoms with van der Waals surface area (Å²) >= 11 is 0. The molecule has 1 N–H and O–H groups in total. The number of fused-ring (bicyclic) bond motifs is 1. The van der Waals surface area contributed by atoms with Gasteiger partial charge < -0.3 is 14.4 Å². The second-order valence-corrected chi connectivity index (χ2v) is 7.94. The number of nitrogens with zero attached hydrogens (tertiary/aromatic N) is 2. The van der Waals surface area contributed by atoms with E-state index in [1.165, 1.54) is 31.1 Å². The fourth-order valence-corrected chi connectivity index (χ4v) is 3.56. The Hall–Kier alpha value is -2.65. The zero-order valence-electron chi connectivity index (χ0n) is 13.6. The van der Waals surface area contributed by atoms with Gasteiger partial charge in [0.1, 0.15) is 6.26 Å². The molecule has 0 saturated heterocycles. The van der Waals surface area contributed by atoms with Crippen LogP contribution in [0.1, 0.15) is 26.5 Å². The molecule has 0 aliphatic carbocycles. The van der Waals surface area contributed by atoms with Gasteiger partial charge >= 0.3 is 5.97 Å². The number of carbonyl (C=O) groups excluding carboxylic acids is 1. The summed E-state index contributed by atoms with van der Waals surface area (Å²) in [6.07, 6.45) is 1.58. The SMILES string of the molecule is CN(C)S(=O)(=O)c1ccc2c(c1)N(C(=O)c1cc(C(=O)O)co1)CC2. The Balaban J connectivity index is 1.97. The average molecular weight is 364 g/mol. The lowest BCUT2D eigenvalue weighted by Gasteiger charge is -2.18. The van der Waals surface area contributed by atoms with Crippen molar-refractivity contribution in [3.63, 3.8) is 0 Å². The third-order valence-electron chi connectivity index (χ3n) is 4.03. The normalized spacial score (nSPS) is 14.0. The summed E-state index contributed by atoms with van der Waals surface area (Å²) in [6.45, 7) is 0.364. The van der Waals surface area contributed by atoms with E-state index in [4.69, 9.17) is 9.52 Å². The fourth-order valence-electron chi connectivity index (χ4n) is 2.63. The van der Waals surface area contributed by atoms with Gasteiger partial charge in [-0.05, 0) is 24.1 Å². The maximum absolute atomic E-state index is 12.6. The van der Waals surface area contributed by atoms with Gasteiger partial charge in [-0.25, -0.2) is 17.5 Å². The van der Waals surface area contributed by atoms with Gasteiger partial charge in [0.15, 0.2) is 5.76 Å². The molecule has 1 amide bonds. The Kier molecular flexibility index (Phi) is 4.13. The Morgan fingerprint density at radius 3 is 2.56 bits per heavy atom. The van der Waals surface area contributed by atoms with Crippen LogP contribution in [0.2, 0.25) is 0 Å². The van der Waals surface area contributed by atoms with E-state index < -0.39 is 21.9 Å². The molecule has 0 unspecified atom stereocenters. The minimum atomic E-state index is -3.63. The molecule has 0 saturated carbocycles. The van der Waals surface area contributed by atoms with Crippen LogP contribution in [0.4, 0.5) is 5.69 Å². The van der Waals surface area contributed by atoms with Gasteiger partial charge in [-0.1, -0.05) is 6.07 Å². The molecule has 132 valence electrons. The molecule has 1 aromatic carbocycles. The Labute approximate surface area is 144 Å². The number of carboxylic acid groups (broad SMARTS) is 1. The first kappa shape index (κ1) is 17.2. The van der Waals surface area contributed by atoms with Crippen LogP contribution in [0.3, 0.4) is 0 Å². The Morgan fingerprint density at radius 1 is 1.24 bits per heavy atom. The predicted octanol–water partition coefficient (Wildman–Crippen LogP) is 1.43. The average Bonchev–Trinajstić information content (AvgIpc) is 3.20. The number of carbonyl (C=O) groups is 2. The van der Waals surface area contributed by atoms with Crippen molar-refractivity contribution in [1.29, 1.82) is 0 Å². The van der Waals surface area contributed by atoms with E-state index >= 15 is 0 Å². The summed E-state index contributed by atoms with van der Waals surface area (Å²) in [5.74, 6) is -1.80. The minimum absolute atomic E-state index is 0.0848. The van der Waals surface area contributed by atoms with Gasteiger partial charge in [0, 0.05) is 32.4 Å². The minimum Gasteiger partial charge on any atom is -0.478 e. The topological polar surface area (TPSA) is 108 Å². The predicted molar refractivity (Wildman–Crippen MR) is 88.4 cm³/mol.